The summed E-state index contributed by atoms with van der Waals surface area (Å²) in [5.41, 5.74) is 2.28. The van der Waals surface area contributed by atoms with Crippen LogP contribution in [-0.2, 0) is 34.6 Å². The Kier molecular flexibility index (Phi) is 10.2. The van der Waals surface area contributed by atoms with Crippen molar-refractivity contribution < 1.29 is 28.8 Å². The number of anilines is 1. The molecule has 4 atom stereocenters. The monoisotopic (exact) mass is 749 g/mol. The summed E-state index contributed by atoms with van der Waals surface area (Å²) < 4.78 is 27.2. The van der Waals surface area contributed by atoms with Crippen LogP contribution in [0.15, 0.2) is 96.1 Å². The summed E-state index contributed by atoms with van der Waals surface area (Å²) in [6.45, 7) is 7.68. The Morgan fingerprint density at radius 2 is 1.69 bits per heavy atom. The second-order valence-electron chi connectivity index (χ2n) is 14.6. The zero-order valence-electron chi connectivity index (χ0n) is 31.6. The van der Waals surface area contributed by atoms with Crippen molar-refractivity contribution in [3.63, 3.8) is 0 Å². The van der Waals surface area contributed by atoms with Gasteiger partial charge in [0.25, 0.3) is 11.5 Å². The third kappa shape index (κ3) is 6.39. The highest BCUT2D eigenvalue weighted by Gasteiger charge is 2.66. The van der Waals surface area contributed by atoms with Gasteiger partial charge in [0.1, 0.15) is 11.5 Å². The van der Waals surface area contributed by atoms with Crippen molar-refractivity contribution in [1.82, 2.24) is 19.6 Å². The maximum atomic E-state index is 15.3. The Labute approximate surface area is 315 Å². The van der Waals surface area contributed by atoms with E-state index in [2.05, 4.69) is 42.5 Å². The number of pyridine rings is 1. The average Bonchev–Trinajstić information content (AvgIpc) is 3.83. The lowest BCUT2D eigenvalue weighted by molar-refractivity contribution is -0.146. The fourth-order valence-electron chi connectivity index (χ4n) is 8.60. The molecule has 1 spiro atoms. The minimum atomic E-state index is -2.38. The maximum Gasteiger partial charge on any atom is 0.297 e. The van der Waals surface area contributed by atoms with E-state index in [1.165, 1.54) is 12.3 Å². The number of carbonyl (C=O) groups excluding carboxylic acids is 1. The Bertz CT molecular complexity index is 2200. The molecule has 7 rings (SSSR count). The quantitative estimate of drug-likeness (QED) is 0.168. The first-order valence-corrected chi connectivity index (χ1v) is 21.3. The standard InChI is InChI=1S/C41H47N5O7Si/c1-27-38(54(5,6)33-15-12-31(50-2)13-16-33)36(18-21-44-26-29(19-22-47)42-43-44)53-41(27)34-24-32(51-3)14-17-35(34)46(40(41)49)25-28-9-7-10-30(23-28)45-20-8-11-37(52-4)39(45)48/h7-17,20,23-24,26-27,36,38,47H,18-19,21-22,25H2,1-6H3/t27-,36+,38-,41+/m0/s1. The van der Waals surface area contributed by atoms with Gasteiger partial charge in [0, 0.05) is 49.1 Å². The van der Waals surface area contributed by atoms with Gasteiger partial charge < -0.3 is 29.0 Å². The summed E-state index contributed by atoms with van der Waals surface area (Å²) in [5, 5.41) is 19.2. The Balaban J connectivity index is 1.29. The molecule has 2 aromatic heterocycles. The molecular weight excluding hydrogens is 703 g/mol. The van der Waals surface area contributed by atoms with E-state index in [0.29, 0.717) is 30.8 Å². The first-order chi connectivity index (χ1) is 26.0. The van der Waals surface area contributed by atoms with Crippen molar-refractivity contribution in [2.24, 2.45) is 5.92 Å². The molecular formula is C41H47N5O7Si. The lowest BCUT2D eigenvalue weighted by Gasteiger charge is -2.37. The second kappa shape index (κ2) is 14.9. The minimum absolute atomic E-state index is 0.000510. The van der Waals surface area contributed by atoms with Crippen LogP contribution in [0.2, 0.25) is 18.6 Å². The van der Waals surface area contributed by atoms with Crippen molar-refractivity contribution in [1.29, 1.82) is 0 Å². The number of amides is 1. The fourth-order valence-corrected chi connectivity index (χ4v) is 12.7. The molecule has 2 aliphatic rings. The normalized spacial score (nSPS) is 20.8. The molecule has 5 aromatic rings. The van der Waals surface area contributed by atoms with Crippen molar-refractivity contribution >= 4 is 24.9 Å². The van der Waals surface area contributed by atoms with Crippen LogP contribution in [0.25, 0.3) is 5.69 Å². The van der Waals surface area contributed by atoms with E-state index in [1.807, 2.05) is 65.7 Å². The molecule has 282 valence electrons. The van der Waals surface area contributed by atoms with Crippen LogP contribution < -0.4 is 29.9 Å². The number of aliphatic hydroxyl groups is 1. The van der Waals surface area contributed by atoms with Gasteiger partial charge in [-0.1, -0.05) is 54.7 Å². The number of aliphatic hydroxyl groups excluding tert-OH is 1. The first-order valence-electron chi connectivity index (χ1n) is 18.2. The van der Waals surface area contributed by atoms with Crippen LogP contribution in [0.4, 0.5) is 5.69 Å². The van der Waals surface area contributed by atoms with Gasteiger partial charge in [-0.15, -0.1) is 5.10 Å². The van der Waals surface area contributed by atoms with Crippen LogP contribution >= 0.6 is 0 Å². The molecule has 1 fully saturated rings. The highest BCUT2D eigenvalue weighted by molar-refractivity contribution is 6.91. The minimum Gasteiger partial charge on any atom is -0.497 e. The van der Waals surface area contributed by atoms with Gasteiger partial charge in [-0.25, -0.2) is 0 Å². The molecule has 13 heteroatoms. The summed E-state index contributed by atoms with van der Waals surface area (Å²) >= 11 is 0. The van der Waals surface area contributed by atoms with Gasteiger partial charge in [0.2, 0.25) is 0 Å². The lowest BCUT2D eigenvalue weighted by Crippen LogP contribution is -2.51. The molecule has 4 heterocycles. The molecule has 1 saturated heterocycles. The van der Waals surface area contributed by atoms with Crippen LogP contribution in [0, 0.1) is 5.92 Å². The third-order valence-electron chi connectivity index (χ3n) is 11.3. The number of hydrogen-bond acceptors (Lipinski definition) is 9. The zero-order chi connectivity index (χ0) is 38.2. The number of aryl methyl sites for hydroxylation is 1. The molecule has 12 nitrogen and oxygen atoms in total. The van der Waals surface area contributed by atoms with E-state index in [1.54, 1.807) is 41.8 Å². The predicted molar refractivity (Wildman–Crippen MR) is 208 cm³/mol. The summed E-state index contributed by atoms with van der Waals surface area (Å²) in [6.07, 6.45) is 4.32. The number of carbonyl (C=O) groups is 1. The van der Waals surface area contributed by atoms with E-state index >= 15 is 4.79 Å². The Hall–Kier alpha value is -5.24. The topological polar surface area (TPSA) is 130 Å². The van der Waals surface area contributed by atoms with Crippen LogP contribution in [0.5, 0.6) is 17.2 Å². The van der Waals surface area contributed by atoms with E-state index in [9.17, 15) is 9.90 Å². The number of nitrogens with zero attached hydrogens (tertiary/aromatic N) is 5. The van der Waals surface area contributed by atoms with Crippen molar-refractivity contribution in [3.05, 3.63) is 118 Å². The molecule has 0 saturated carbocycles. The molecule has 1 N–H and O–H groups in total. The molecule has 54 heavy (non-hydrogen) atoms. The molecule has 2 aliphatic heterocycles. The van der Waals surface area contributed by atoms with Gasteiger partial charge in [-0.3, -0.25) is 18.8 Å². The second-order valence-corrected chi connectivity index (χ2v) is 19.3. The van der Waals surface area contributed by atoms with Gasteiger partial charge in [0.05, 0.1) is 53.4 Å². The van der Waals surface area contributed by atoms with Gasteiger partial charge >= 0.3 is 0 Å². The third-order valence-corrected chi connectivity index (χ3v) is 15.7. The van der Waals surface area contributed by atoms with Crippen LogP contribution in [-0.4, -0.2) is 72.7 Å². The largest absolute Gasteiger partial charge is 0.497 e. The summed E-state index contributed by atoms with van der Waals surface area (Å²) in [5.74, 6) is 1.34. The highest BCUT2D eigenvalue weighted by Crippen LogP contribution is 2.60. The SMILES string of the molecule is COc1ccc([Si](C)(C)[C@@H]2[C@@H](CCn3cc(CCO)nn3)O[C@]3(C(=O)N(Cc4cccc(-n5cccc(OC)c5=O)c4)c4ccc(OC)cc43)[C@H]2C)cc1. The molecule has 1 amide bonds. The number of methoxy groups -OCH3 is 3. The number of fused-ring (bicyclic) bond motifs is 2. The number of aromatic nitrogens is 4. The summed E-state index contributed by atoms with van der Waals surface area (Å²) in [7, 11) is 2.39. The van der Waals surface area contributed by atoms with Gasteiger partial charge in [-0.05, 0) is 72.1 Å². The van der Waals surface area contributed by atoms with Gasteiger partial charge in [-0.2, -0.15) is 0 Å². The molecule has 3 aromatic carbocycles. The summed E-state index contributed by atoms with van der Waals surface area (Å²) in [4.78, 5) is 30.2. The van der Waals surface area contributed by atoms with E-state index in [0.717, 1.165) is 28.3 Å². The fraction of sp³-hybridized carbons (Fsp3) is 0.366. The Morgan fingerprint density at radius 1 is 0.926 bits per heavy atom. The molecule has 0 aliphatic carbocycles. The number of hydrogen-bond donors (Lipinski definition) is 1. The predicted octanol–water partition coefficient (Wildman–Crippen LogP) is 4.84. The smallest absolute Gasteiger partial charge is 0.297 e. The highest BCUT2D eigenvalue weighted by atomic mass is 28.3. The van der Waals surface area contributed by atoms with Crippen molar-refractivity contribution in [3.8, 4) is 22.9 Å². The molecule has 0 bridgehead atoms. The van der Waals surface area contributed by atoms with E-state index in [4.69, 9.17) is 18.9 Å². The maximum absolute atomic E-state index is 15.3. The summed E-state index contributed by atoms with van der Waals surface area (Å²) in [6, 6.07) is 25.1. The number of benzene rings is 3. The van der Waals surface area contributed by atoms with Crippen molar-refractivity contribution in [2.45, 2.75) is 63.2 Å². The van der Waals surface area contributed by atoms with E-state index in [-0.39, 0.29) is 47.9 Å². The average molecular weight is 750 g/mol. The lowest BCUT2D eigenvalue weighted by atomic mass is 9.82. The molecule has 0 radical (unpaired) electrons. The number of rotatable bonds is 13. The van der Waals surface area contributed by atoms with Gasteiger partial charge in [0.15, 0.2) is 11.4 Å². The molecule has 0 unspecified atom stereocenters. The van der Waals surface area contributed by atoms with Crippen molar-refractivity contribution in [2.75, 3.05) is 32.8 Å². The number of ether oxygens (including phenoxy) is 4. The van der Waals surface area contributed by atoms with Crippen LogP contribution in [0.1, 0.15) is 30.2 Å². The van der Waals surface area contributed by atoms with E-state index < -0.39 is 13.7 Å². The Morgan fingerprint density at radius 3 is 2.41 bits per heavy atom. The zero-order valence-corrected chi connectivity index (χ0v) is 32.6. The van der Waals surface area contributed by atoms with Crippen LogP contribution in [0.3, 0.4) is 0 Å². The first kappa shape index (κ1) is 37.1.